The number of carbonyl (C=O) groups is 2. The van der Waals surface area contributed by atoms with Crippen molar-refractivity contribution in [2.24, 2.45) is 0 Å². The number of ketones is 1. The zero-order chi connectivity index (χ0) is 24.2. The Hall–Kier alpha value is -3.27. The van der Waals surface area contributed by atoms with Crippen molar-refractivity contribution in [2.75, 3.05) is 45.7 Å². The summed E-state index contributed by atoms with van der Waals surface area (Å²) in [5, 5.41) is 2.70. The lowest BCUT2D eigenvalue weighted by molar-refractivity contribution is 0.102. The van der Waals surface area contributed by atoms with Gasteiger partial charge in [0.1, 0.15) is 5.69 Å². The molecule has 0 saturated carbocycles. The van der Waals surface area contributed by atoms with Crippen LogP contribution in [-0.4, -0.2) is 71.8 Å². The molecule has 0 aliphatic carbocycles. The summed E-state index contributed by atoms with van der Waals surface area (Å²) in [6.45, 7) is 4.81. The minimum atomic E-state index is -0.852. The number of carbonyl (C=O) groups excluding carboxylic acids is 2. The number of halogens is 2. The second-order valence-electron chi connectivity index (χ2n) is 8.14. The molecule has 1 fully saturated rings. The van der Waals surface area contributed by atoms with Crippen molar-refractivity contribution in [3.8, 4) is 5.75 Å². The number of nitrogens with zero attached hydrogens (tertiary/aromatic N) is 3. The number of piperazine rings is 1. The number of hydrogen-bond donors (Lipinski definition) is 2. The van der Waals surface area contributed by atoms with Crippen LogP contribution in [0.25, 0.3) is 0 Å². The summed E-state index contributed by atoms with van der Waals surface area (Å²) in [7, 11) is 3.41. The maximum absolute atomic E-state index is 14.6. The first-order valence-corrected chi connectivity index (χ1v) is 11.2. The second-order valence-corrected chi connectivity index (χ2v) is 8.55. The molecule has 10 heteroatoms. The van der Waals surface area contributed by atoms with Crippen LogP contribution in [0, 0.1) is 5.82 Å². The normalized spacial score (nSPS) is 14.7. The summed E-state index contributed by atoms with van der Waals surface area (Å²) in [6.07, 6.45) is 2.94. The molecule has 0 bridgehead atoms. The van der Waals surface area contributed by atoms with Crippen molar-refractivity contribution in [1.82, 2.24) is 19.8 Å². The van der Waals surface area contributed by atoms with Gasteiger partial charge < -0.3 is 19.9 Å². The third kappa shape index (κ3) is 5.27. The molecule has 2 N–H and O–H groups in total. The lowest BCUT2D eigenvalue weighted by Gasteiger charge is -2.32. The van der Waals surface area contributed by atoms with E-state index in [1.807, 2.05) is 6.07 Å². The van der Waals surface area contributed by atoms with E-state index < -0.39 is 17.5 Å². The molecule has 2 aromatic heterocycles. The first-order chi connectivity index (χ1) is 16.4. The molecule has 1 aliphatic rings. The van der Waals surface area contributed by atoms with E-state index in [-0.39, 0.29) is 27.6 Å². The molecule has 0 unspecified atom stereocenters. The molecule has 178 valence electrons. The van der Waals surface area contributed by atoms with E-state index >= 15 is 0 Å². The van der Waals surface area contributed by atoms with E-state index in [1.165, 1.54) is 31.5 Å². The fraction of sp³-hybridized carbons (Fsp3) is 0.292. The smallest absolute Gasteiger partial charge is 0.272 e. The van der Waals surface area contributed by atoms with E-state index in [4.69, 9.17) is 16.3 Å². The first kappa shape index (κ1) is 23.9. The monoisotopic (exact) mass is 485 g/mol. The number of rotatable bonds is 7. The number of hydrogen-bond acceptors (Lipinski definition) is 6. The van der Waals surface area contributed by atoms with Crippen LogP contribution in [0.5, 0.6) is 5.75 Å². The number of methoxy groups -OCH3 is 1. The second kappa shape index (κ2) is 10.3. The molecule has 0 spiro atoms. The van der Waals surface area contributed by atoms with Gasteiger partial charge in [-0.05, 0) is 37.4 Å². The lowest BCUT2D eigenvalue weighted by Crippen LogP contribution is -2.43. The van der Waals surface area contributed by atoms with E-state index in [0.29, 0.717) is 5.69 Å². The number of amides is 1. The molecule has 1 aliphatic heterocycles. The highest BCUT2D eigenvalue weighted by atomic mass is 35.5. The van der Waals surface area contributed by atoms with Gasteiger partial charge in [0.25, 0.3) is 5.91 Å². The molecule has 1 saturated heterocycles. The Balaban J connectivity index is 1.40. The van der Waals surface area contributed by atoms with Gasteiger partial charge in [-0.3, -0.25) is 19.5 Å². The van der Waals surface area contributed by atoms with Crippen molar-refractivity contribution in [2.45, 2.75) is 6.54 Å². The Labute approximate surface area is 201 Å². The number of ether oxygens (including phenoxy) is 1. The minimum Gasteiger partial charge on any atom is -0.494 e. The topological polar surface area (TPSA) is 90.6 Å². The fourth-order valence-corrected chi connectivity index (χ4v) is 3.96. The van der Waals surface area contributed by atoms with E-state index in [0.717, 1.165) is 38.4 Å². The number of likely N-dealkylation sites (N-methyl/N-ethyl adjacent to an activating group) is 1. The maximum Gasteiger partial charge on any atom is 0.272 e. The Morgan fingerprint density at radius 3 is 2.65 bits per heavy atom. The molecule has 34 heavy (non-hydrogen) atoms. The highest BCUT2D eigenvalue weighted by Crippen LogP contribution is 2.29. The number of anilines is 1. The predicted molar refractivity (Wildman–Crippen MR) is 127 cm³/mol. The number of pyridine rings is 1. The molecule has 3 heterocycles. The molecular weight excluding hydrogens is 461 g/mol. The number of benzene rings is 1. The van der Waals surface area contributed by atoms with Gasteiger partial charge in [-0.1, -0.05) is 11.6 Å². The average molecular weight is 486 g/mol. The van der Waals surface area contributed by atoms with Gasteiger partial charge in [0.2, 0.25) is 0 Å². The van der Waals surface area contributed by atoms with E-state index in [9.17, 15) is 14.0 Å². The molecule has 8 nitrogen and oxygen atoms in total. The molecule has 0 radical (unpaired) electrons. The minimum absolute atomic E-state index is 0.0433. The summed E-state index contributed by atoms with van der Waals surface area (Å²) in [5.41, 5.74) is 1.38. The molecule has 1 aromatic carbocycles. The third-order valence-electron chi connectivity index (χ3n) is 5.76. The highest BCUT2D eigenvalue weighted by Gasteiger charge is 2.23. The molecule has 4 rings (SSSR count). The summed E-state index contributed by atoms with van der Waals surface area (Å²) >= 11 is 6.04. The van der Waals surface area contributed by atoms with Gasteiger partial charge in [-0.15, -0.1) is 0 Å². The molecular formula is C24H25ClFN5O3. The summed E-state index contributed by atoms with van der Waals surface area (Å²) in [6, 6.07) is 7.75. The molecule has 3 aromatic rings. The van der Waals surface area contributed by atoms with Crippen molar-refractivity contribution in [3.63, 3.8) is 0 Å². The standard InChI is InChI=1S/C24H25ClFN5O3/c1-30-7-9-31(10-8-30)14-17-4-3-16(13-27-17)29-24(33)19-11-15(12-28-19)23(32)21-18(25)5-6-20(34-2)22(21)26/h3-6,11-13,28H,7-10,14H2,1-2H3,(H,29,33). The van der Waals surface area contributed by atoms with Gasteiger partial charge in [-0.2, -0.15) is 0 Å². The van der Waals surface area contributed by atoms with Crippen LogP contribution in [-0.2, 0) is 6.54 Å². The average Bonchev–Trinajstić information content (AvgIpc) is 3.33. The van der Waals surface area contributed by atoms with Crippen LogP contribution in [0.4, 0.5) is 10.1 Å². The Morgan fingerprint density at radius 1 is 1.21 bits per heavy atom. The summed E-state index contributed by atoms with van der Waals surface area (Å²) in [4.78, 5) is 37.3. The van der Waals surface area contributed by atoms with E-state index in [2.05, 4.69) is 32.1 Å². The first-order valence-electron chi connectivity index (χ1n) is 10.8. The predicted octanol–water partition coefficient (Wildman–Crippen LogP) is 3.44. The van der Waals surface area contributed by atoms with Gasteiger partial charge >= 0.3 is 0 Å². The van der Waals surface area contributed by atoms with Crippen LogP contribution < -0.4 is 10.1 Å². The Kier molecular flexibility index (Phi) is 7.26. The maximum atomic E-state index is 14.6. The SMILES string of the molecule is COc1ccc(Cl)c(C(=O)c2c[nH]c(C(=O)Nc3ccc(CN4CCN(C)CC4)nc3)c2)c1F. The van der Waals surface area contributed by atoms with Crippen LogP contribution in [0.2, 0.25) is 5.02 Å². The molecule has 1 amide bonds. The highest BCUT2D eigenvalue weighted by molar-refractivity contribution is 6.35. The van der Waals surface area contributed by atoms with Crippen molar-refractivity contribution < 1.29 is 18.7 Å². The number of nitrogens with one attached hydrogen (secondary N) is 2. The summed E-state index contributed by atoms with van der Waals surface area (Å²) < 4.78 is 19.5. The number of H-pyrrole nitrogens is 1. The van der Waals surface area contributed by atoms with Crippen molar-refractivity contribution in [3.05, 3.63) is 76.1 Å². The quantitative estimate of drug-likeness (QED) is 0.498. The van der Waals surface area contributed by atoms with Gasteiger partial charge in [0.05, 0.1) is 35.3 Å². The van der Waals surface area contributed by atoms with Gasteiger partial charge in [0.15, 0.2) is 17.3 Å². The molecule has 0 atom stereocenters. The van der Waals surface area contributed by atoms with Gasteiger partial charge in [-0.25, -0.2) is 4.39 Å². The zero-order valence-electron chi connectivity index (χ0n) is 18.9. The van der Waals surface area contributed by atoms with Gasteiger partial charge in [0, 0.05) is 44.5 Å². The van der Waals surface area contributed by atoms with Crippen molar-refractivity contribution >= 4 is 29.0 Å². The van der Waals surface area contributed by atoms with Crippen LogP contribution in [0.1, 0.15) is 32.1 Å². The largest absolute Gasteiger partial charge is 0.494 e. The lowest BCUT2D eigenvalue weighted by atomic mass is 10.0. The number of aromatic nitrogens is 2. The Morgan fingerprint density at radius 2 is 1.97 bits per heavy atom. The van der Waals surface area contributed by atoms with Crippen molar-refractivity contribution in [1.29, 1.82) is 0 Å². The fourth-order valence-electron chi connectivity index (χ4n) is 3.73. The third-order valence-corrected chi connectivity index (χ3v) is 6.07. The van der Waals surface area contributed by atoms with E-state index in [1.54, 1.807) is 12.3 Å². The summed E-state index contributed by atoms with van der Waals surface area (Å²) in [5.74, 6) is -2.06. The van der Waals surface area contributed by atoms with Crippen LogP contribution >= 0.6 is 11.6 Å². The Bertz CT molecular complexity index is 1190. The zero-order valence-corrected chi connectivity index (χ0v) is 19.7. The van der Waals surface area contributed by atoms with Crippen LogP contribution in [0.3, 0.4) is 0 Å². The number of aromatic amines is 1. The van der Waals surface area contributed by atoms with Crippen LogP contribution in [0.15, 0.2) is 42.7 Å².